The highest BCUT2D eigenvalue weighted by molar-refractivity contribution is 6.32. The zero-order chi connectivity index (χ0) is 17.1. The van der Waals surface area contributed by atoms with Crippen molar-refractivity contribution in [2.45, 2.75) is 0 Å². The van der Waals surface area contributed by atoms with Gasteiger partial charge < -0.3 is 20.9 Å². The fourth-order valence-electron chi connectivity index (χ4n) is 2.41. The third-order valence-electron chi connectivity index (χ3n) is 3.49. The number of primary amides is 1. The molecule has 0 saturated carbocycles. The Morgan fingerprint density at radius 2 is 1.92 bits per heavy atom. The number of aromatic nitrogens is 1. The monoisotopic (exact) mass is 342 g/mol. The summed E-state index contributed by atoms with van der Waals surface area (Å²) in [7, 11) is 0. The zero-order valence-corrected chi connectivity index (χ0v) is 13.4. The molecule has 3 amide bonds. The van der Waals surface area contributed by atoms with Crippen LogP contribution in [0.15, 0.2) is 54.7 Å². The van der Waals surface area contributed by atoms with Crippen LogP contribution < -0.4 is 16.4 Å². The molecule has 0 bridgehead atoms. The topological polar surface area (TPSA) is 89.2 Å². The number of para-hydroxylation sites is 1. The van der Waals surface area contributed by atoms with Gasteiger partial charge in [-0.3, -0.25) is 4.79 Å². The minimum atomic E-state index is -0.604. The van der Waals surface area contributed by atoms with Gasteiger partial charge in [0.2, 0.25) is 5.91 Å². The lowest BCUT2D eigenvalue weighted by atomic mass is 10.2. The van der Waals surface area contributed by atoms with E-state index in [0.717, 1.165) is 16.6 Å². The number of fused-ring (bicyclic) bond motifs is 1. The number of halogens is 1. The molecule has 0 fully saturated rings. The van der Waals surface area contributed by atoms with Crippen molar-refractivity contribution in [2.75, 3.05) is 11.9 Å². The Kier molecular flexibility index (Phi) is 4.39. The number of rotatable bonds is 4. The summed E-state index contributed by atoms with van der Waals surface area (Å²) in [5, 5.41) is 6.69. The fourth-order valence-corrected chi connectivity index (χ4v) is 2.63. The second-order valence-electron chi connectivity index (χ2n) is 5.18. The van der Waals surface area contributed by atoms with Crippen LogP contribution in [-0.2, 0) is 4.79 Å². The molecule has 7 heteroatoms. The van der Waals surface area contributed by atoms with E-state index in [4.69, 9.17) is 17.3 Å². The van der Waals surface area contributed by atoms with Crippen LogP contribution in [0.3, 0.4) is 0 Å². The molecule has 3 aromatic rings. The van der Waals surface area contributed by atoms with Gasteiger partial charge in [0.15, 0.2) is 0 Å². The van der Waals surface area contributed by atoms with Gasteiger partial charge in [0.05, 0.1) is 22.8 Å². The molecule has 3 rings (SSSR count). The first-order valence-corrected chi connectivity index (χ1v) is 7.61. The van der Waals surface area contributed by atoms with Crippen molar-refractivity contribution >= 4 is 40.1 Å². The van der Waals surface area contributed by atoms with Gasteiger partial charge in [0.1, 0.15) is 0 Å². The molecule has 122 valence electrons. The van der Waals surface area contributed by atoms with E-state index < -0.39 is 11.9 Å². The molecule has 0 radical (unpaired) electrons. The quantitative estimate of drug-likeness (QED) is 0.680. The predicted octanol–water partition coefficient (Wildman–Crippen LogP) is 2.89. The largest absolute Gasteiger partial charge is 0.368 e. The molecular weight excluding hydrogens is 328 g/mol. The first-order chi connectivity index (χ1) is 11.5. The van der Waals surface area contributed by atoms with E-state index in [1.807, 2.05) is 53.2 Å². The van der Waals surface area contributed by atoms with Crippen LogP contribution in [0.4, 0.5) is 10.5 Å². The minimum absolute atomic E-state index is 0.218. The van der Waals surface area contributed by atoms with Gasteiger partial charge in [-0.25, -0.2) is 4.79 Å². The van der Waals surface area contributed by atoms with Crippen LogP contribution in [0.5, 0.6) is 0 Å². The van der Waals surface area contributed by atoms with Gasteiger partial charge in [0.25, 0.3) is 0 Å². The molecule has 0 unspecified atom stereocenters. The molecule has 2 aromatic carbocycles. The van der Waals surface area contributed by atoms with E-state index in [2.05, 4.69) is 10.6 Å². The van der Waals surface area contributed by atoms with E-state index in [0.29, 0.717) is 10.7 Å². The van der Waals surface area contributed by atoms with Crippen LogP contribution in [0.2, 0.25) is 5.02 Å². The van der Waals surface area contributed by atoms with E-state index in [-0.39, 0.29) is 6.54 Å². The maximum atomic E-state index is 11.7. The number of urea groups is 1. The molecule has 0 spiro atoms. The Hall–Kier alpha value is -2.99. The molecule has 24 heavy (non-hydrogen) atoms. The molecule has 0 atom stereocenters. The maximum Gasteiger partial charge on any atom is 0.319 e. The molecule has 6 nitrogen and oxygen atoms in total. The standard InChI is InChI=1S/C17H15ClN4O2/c18-13-3-1-2-4-14(13)22-8-7-11-5-6-12(9-15(11)22)21-17(24)20-10-16(19)23/h1-9H,10H2,(H2,19,23)(H2,20,21,24). The number of anilines is 1. The van der Waals surface area contributed by atoms with Gasteiger partial charge in [0, 0.05) is 17.3 Å². The third kappa shape index (κ3) is 3.33. The Morgan fingerprint density at radius 3 is 2.67 bits per heavy atom. The minimum Gasteiger partial charge on any atom is -0.368 e. The van der Waals surface area contributed by atoms with Gasteiger partial charge in [-0.1, -0.05) is 29.8 Å². The Bertz CT molecular complexity index is 920. The number of nitrogens with two attached hydrogens (primary N) is 1. The summed E-state index contributed by atoms with van der Waals surface area (Å²) < 4.78 is 1.95. The number of hydrogen-bond acceptors (Lipinski definition) is 2. The molecule has 4 N–H and O–H groups in total. The van der Waals surface area contributed by atoms with E-state index in [1.165, 1.54) is 0 Å². The number of benzene rings is 2. The number of carbonyl (C=O) groups is 2. The van der Waals surface area contributed by atoms with Crippen molar-refractivity contribution in [1.29, 1.82) is 0 Å². The molecule has 0 saturated heterocycles. The zero-order valence-electron chi connectivity index (χ0n) is 12.6. The van der Waals surface area contributed by atoms with E-state index in [9.17, 15) is 9.59 Å². The number of carbonyl (C=O) groups excluding carboxylic acids is 2. The Balaban J connectivity index is 1.90. The average Bonchev–Trinajstić information content (AvgIpc) is 2.96. The Labute approximate surface area is 143 Å². The van der Waals surface area contributed by atoms with Crippen molar-refractivity contribution < 1.29 is 9.59 Å². The lowest BCUT2D eigenvalue weighted by Crippen LogP contribution is -2.36. The normalized spacial score (nSPS) is 10.5. The van der Waals surface area contributed by atoms with Crippen molar-refractivity contribution in [1.82, 2.24) is 9.88 Å². The molecular formula is C17H15ClN4O2. The molecule has 0 aliphatic rings. The highest BCUT2D eigenvalue weighted by Gasteiger charge is 2.09. The summed E-state index contributed by atoms with van der Waals surface area (Å²) >= 11 is 6.27. The van der Waals surface area contributed by atoms with Crippen LogP contribution in [0.25, 0.3) is 16.6 Å². The summed E-state index contributed by atoms with van der Waals surface area (Å²) in [5.74, 6) is -0.604. The summed E-state index contributed by atoms with van der Waals surface area (Å²) in [5.41, 5.74) is 7.34. The van der Waals surface area contributed by atoms with Crippen LogP contribution in [0, 0.1) is 0 Å². The summed E-state index contributed by atoms with van der Waals surface area (Å²) in [4.78, 5) is 22.4. The van der Waals surface area contributed by atoms with Crippen molar-refractivity contribution in [3.8, 4) is 5.69 Å². The fraction of sp³-hybridized carbons (Fsp3) is 0.0588. The van der Waals surface area contributed by atoms with Crippen LogP contribution in [0.1, 0.15) is 0 Å². The SMILES string of the molecule is NC(=O)CNC(=O)Nc1ccc2ccn(-c3ccccc3Cl)c2c1. The summed E-state index contributed by atoms with van der Waals surface area (Å²) in [6, 6.07) is 14.5. The van der Waals surface area contributed by atoms with Crippen molar-refractivity contribution in [2.24, 2.45) is 5.73 Å². The highest BCUT2D eigenvalue weighted by Crippen LogP contribution is 2.27. The van der Waals surface area contributed by atoms with Crippen LogP contribution in [-0.4, -0.2) is 23.1 Å². The first-order valence-electron chi connectivity index (χ1n) is 7.24. The maximum absolute atomic E-state index is 11.7. The molecule has 0 aliphatic heterocycles. The molecule has 1 heterocycles. The van der Waals surface area contributed by atoms with Gasteiger partial charge in [-0.2, -0.15) is 0 Å². The van der Waals surface area contributed by atoms with E-state index in [1.54, 1.807) is 6.07 Å². The second kappa shape index (κ2) is 6.64. The number of hydrogen-bond donors (Lipinski definition) is 3. The number of amides is 3. The number of nitrogens with one attached hydrogen (secondary N) is 2. The first kappa shape index (κ1) is 15.9. The molecule has 0 aliphatic carbocycles. The van der Waals surface area contributed by atoms with E-state index >= 15 is 0 Å². The lowest BCUT2D eigenvalue weighted by molar-refractivity contribution is -0.117. The summed E-state index contributed by atoms with van der Waals surface area (Å²) in [6.45, 7) is -0.218. The van der Waals surface area contributed by atoms with Gasteiger partial charge in [-0.15, -0.1) is 0 Å². The summed E-state index contributed by atoms with van der Waals surface area (Å²) in [6.07, 6.45) is 1.92. The highest BCUT2D eigenvalue weighted by atomic mass is 35.5. The van der Waals surface area contributed by atoms with Gasteiger partial charge >= 0.3 is 6.03 Å². The van der Waals surface area contributed by atoms with Crippen LogP contribution >= 0.6 is 11.6 Å². The third-order valence-corrected chi connectivity index (χ3v) is 3.81. The number of nitrogens with zero attached hydrogens (tertiary/aromatic N) is 1. The molecule has 1 aromatic heterocycles. The smallest absolute Gasteiger partial charge is 0.319 e. The van der Waals surface area contributed by atoms with Gasteiger partial charge in [-0.05, 0) is 30.3 Å². The average molecular weight is 343 g/mol. The van der Waals surface area contributed by atoms with Crippen molar-refractivity contribution in [3.63, 3.8) is 0 Å². The van der Waals surface area contributed by atoms with Crippen molar-refractivity contribution in [3.05, 3.63) is 59.8 Å². The Morgan fingerprint density at radius 1 is 1.12 bits per heavy atom. The lowest BCUT2D eigenvalue weighted by Gasteiger charge is -2.10. The predicted molar refractivity (Wildman–Crippen MR) is 94.5 cm³/mol. The second-order valence-corrected chi connectivity index (χ2v) is 5.59.